The second-order valence-electron chi connectivity index (χ2n) is 6.73. The van der Waals surface area contributed by atoms with Crippen molar-refractivity contribution in [1.29, 1.82) is 0 Å². The van der Waals surface area contributed by atoms with Gasteiger partial charge >= 0.3 is 0 Å². The lowest BCUT2D eigenvalue weighted by atomic mass is 9.80. The third-order valence-electron chi connectivity index (χ3n) is 4.95. The average molecular weight is 381 g/mol. The topological polar surface area (TPSA) is 189 Å². The van der Waals surface area contributed by atoms with Crippen molar-refractivity contribution in [1.82, 2.24) is 5.32 Å². The maximum Gasteiger partial charge on any atom is 0.217 e. The molecule has 2 saturated heterocycles. The zero-order valence-corrected chi connectivity index (χ0v) is 14.3. The van der Waals surface area contributed by atoms with Crippen LogP contribution in [0.1, 0.15) is 13.3 Å². The Morgan fingerprint density at radius 2 is 1.42 bits per heavy atom. The highest BCUT2D eigenvalue weighted by atomic mass is 16.6. The third-order valence-corrected chi connectivity index (χ3v) is 4.95. The summed E-state index contributed by atoms with van der Waals surface area (Å²) in [5.41, 5.74) is 0. The van der Waals surface area contributed by atoms with E-state index in [2.05, 4.69) is 5.32 Å². The summed E-state index contributed by atoms with van der Waals surface area (Å²) in [7, 11) is 0. The van der Waals surface area contributed by atoms with Crippen LogP contribution in [0.2, 0.25) is 0 Å². The number of aliphatic hydroxyl groups excluding tert-OH is 7. The lowest BCUT2D eigenvalue weighted by Crippen LogP contribution is -2.64. The highest BCUT2D eigenvalue weighted by Crippen LogP contribution is 2.33. The Morgan fingerprint density at radius 1 is 0.846 bits per heavy atom. The van der Waals surface area contributed by atoms with Crippen molar-refractivity contribution in [3.63, 3.8) is 0 Å². The summed E-state index contributed by atoms with van der Waals surface area (Å²) in [5, 5.41) is 71.4. The standard InChI is InChI=1S/C15H27NO10/c1-5(19)16-10-11(20)6(8(3-17)26-15(10)24)2-7-12(21)14(23)13(22)9(4-18)25-7/h6-15,17-18,20-24H,2-4H2,1H3,(H,16,19)/t6-,7+,8-,9-,10-,11+,12+,13+,14-,15?/m1/s1. The smallest absolute Gasteiger partial charge is 0.217 e. The minimum Gasteiger partial charge on any atom is -0.394 e. The van der Waals surface area contributed by atoms with E-state index in [1.54, 1.807) is 0 Å². The maximum atomic E-state index is 11.3. The number of hydrogen-bond donors (Lipinski definition) is 8. The number of aliphatic hydroxyl groups is 7. The van der Waals surface area contributed by atoms with Gasteiger partial charge in [-0.3, -0.25) is 4.79 Å². The predicted octanol–water partition coefficient (Wildman–Crippen LogP) is -4.59. The second-order valence-corrected chi connectivity index (χ2v) is 6.73. The number of carbonyl (C=O) groups excluding carboxylic acids is 1. The third kappa shape index (κ3) is 4.32. The van der Waals surface area contributed by atoms with Gasteiger partial charge in [0.15, 0.2) is 6.29 Å². The number of ether oxygens (including phenoxy) is 2. The molecule has 0 bridgehead atoms. The molecule has 0 saturated carbocycles. The first-order chi connectivity index (χ1) is 12.2. The lowest BCUT2D eigenvalue weighted by Gasteiger charge is -2.46. The van der Waals surface area contributed by atoms with E-state index < -0.39 is 80.1 Å². The molecular weight excluding hydrogens is 354 g/mol. The van der Waals surface area contributed by atoms with Gasteiger partial charge in [0.05, 0.1) is 31.5 Å². The molecule has 2 fully saturated rings. The Hall–Kier alpha value is -0.890. The lowest BCUT2D eigenvalue weighted by molar-refractivity contribution is -0.261. The van der Waals surface area contributed by atoms with Crippen molar-refractivity contribution >= 4 is 5.91 Å². The number of carbonyl (C=O) groups is 1. The van der Waals surface area contributed by atoms with Crippen LogP contribution in [0.4, 0.5) is 0 Å². The van der Waals surface area contributed by atoms with Crippen molar-refractivity contribution in [3.05, 3.63) is 0 Å². The summed E-state index contributed by atoms with van der Waals surface area (Å²) >= 11 is 0. The highest BCUT2D eigenvalue weighted by molar-refractivity contribution is 5.73. The van der Waals surface area contributed by atoms with Crippen LogP contribution in [0, 0.1) is 5.92 Å². The fourth-order valence-electron chi connectivity index (χ4n) is 3.52. The zero-order valence-electron chi connectivity index (χ0n) is 14.3. The molecule has 0 spiro atoms. The molecule has 0 radical (unpaired) electrons. The first-order valence-corrected chi connectivity index (χ1v) is 8.41. The molecule has 1 amide bonds. The van der Waals surface area contributed by atoms with Gasteiger partial charge in [-0.15, -0.1) is 0 Å². The molecule has 2 rings (SSSR count). The van der Waals surface area contributed by atoms with Crippen molar-refractivity contribution in [3.8, 4) is 0 Å². The molecule has 11 heteroatoms. The van der Waals surface area contributed by atoms with E-state index in [1.165, 1.54) is 6.92 Å². The second kappa shape index (κ2) is 8.87. The van der Waals surface area contributed by atoms with Gasteiger partial charge in [0.25, 0.3) is 0 Å². The molecule has 152 valence electrons. The molecule has 2 heterocycles. The van der Waals surface area contributed by atoms with Gasteiger partial charge in [0.2, 0.25) is 5.91 Å². The Morgan fingerprint density at radius 3 is 1.96 bits per heavy atom. The van der Waals surface area contributed by atoms with E-state index in [9.17, 15) is 40.5 Å². The number of hydrogen-bond acceptors (Lipinski definition) is 10. The molecule has 26 heavy (non-hydrogen) atoms. The summed E-state index contributed by atoms with van der Waals surface area (Å²) in [6.45, 7) is 0.0506. The Balaban J connectivity index is 2.16. The molecule has 10 atom stereocenters. The molecule has 2 aliphatic rings. The van der Waals surface area contributed by atoms with Crippen LogP contribution in [-0.4, -0.2) is 110 Å². The Bertz CT molecular complexity index is 477. The summed E-state index contributed by atoms with van der Waals surface area (Å²) < 4.78 is 10.7. The van der Waals surface area contributed by atoms with Crippen LogP contribution in [-0.2, 0) is 14.3 Å². The quantitative estimate of drug-likeness (QED) is 0.230. The number of nitrogens with one attached hydrogen (secondary N) is 1. The van der Waals surface area contributed by atoms with E-state index in [0.717, 1.165) is 0 Å². The van der Waals surface area contributed by atoms with Crippen LogP contribution in [0.25, 0.3) is 0 Å². The molecule has 0 aliphatic carbocycles. The van der Waals surface area contributed by atoms with Crippen LogP contribution < -0.4 is 5.32 Å². The Kier molecular flexibility index (Phi) is 7.30. The molecule has 0 aromatic rings. The van der Waals surface area contributed by atoms with Gasteiger partial charge in [0, 0.05) is 12.8 Å². The van der Waals surface area contributed by atoms with Crippen LogP contribution in [0.15, 0.2) is 0 Å². The predicted molar refractivity (Wildman–Crippen MR) is 83.5 cm³/mol. The molecule has 1 unspecified atom stereocenters. The minimum absolute atomic E-state index is 0.128. The van der Waals surface area contributed by atoms with Gasteiger partial charge in [-0.2, -0.15) is 0 Å². The van der Waals surface area contributed by atoms with E-state index >= 15 is 0 Å². The monoisotopic (exact) mass is 381 g/mol. The van der Waals surface area contributed by atoms with Crippen LogP contribution in [0.3, 0.4) is 0 Å². The van der Waals surface area contributed by atoms with Crippen molar-refractivity contribution < 1.29 is 50.0 Å². The van der Waals surface area contributed by atoms with Crippen molar-refractivity contribution in [2.75, 3.05) is 13.2 Å². The van der Waals surface area contributed by atoms with E-state index in [1.807, 2.05) is 0 Å². The first-order valence-electron chi connectivity index (χ1n) is 8.41. The summed E-state index contributed by atoms with van der Waals surface area (Å²) in [6, 6.07) is -1.16. The van der Waals surface area contributed by atoms with Gasteiger partial charge < -0.3 is 50.5 Å². The van der Waals surface area contributed by atoms with Crippen LogP contribution in [0.5, 0.6) is 0 Å². The summed E-state index contributed by atoms with van der Waals surface area (Å²) in [5.74, 6) is -1.38. The first kappa shape index (κ1) is 21.4. The van der Waals surface area contributed by atoms with Gasteiger partial charge in [0.1, 0.15) is 30.5 Å². The minimum atomic E-state index is -1.57. The van der Waals surface area contributed by atoms with E-state index in [0.29, 0.717) is 0 Å². The highest BCUT2D eigenvalue weighted by Gasteiger charge is 2.49. The molecular formula is C15H27NO10. The fraction of sp³-hybridized carbons (Fsp3) is 0.933. The van der Waals surface area contributed by atoms with E-state index in [4.69, 9.17) is 9.47 Å². The number of rotatable bonds is 5. The van der Waals surface area contributed by atoms with Gasteiger partial charge in [-0.1, -0.05) is 0 Å². The van der Waals surface area contributed by atoms with Crippen molar-refractivity contribution in [2.24, 2.45) is 5.92 Å². The normalized spacial score (nSPS) is 46.8. The summed E-state index contributed by atoms with van der Waals surface area (Å²) in [6.07, 6.45) is -10.8. The summed E-state index contributed by atoms with van der Waals surface area (Å²) in [4.78, 5) is 11.3. The molecule has 8 N–H and O–H groups in total. The SMILES string of the molecule is CC(=O)N[C@H]1C(O)O[C@H](CO)[C@@H](C[C@@H]2O[C@H](CO)[C@H](O)[C@H](O)[C@H]2O)[C@@H]1O. The van der Waals surface area contributed by atoms with Crippen LogP contribution >= 0.6 is 0 Å². The Labute approximate surface area is 149 Å². The van der Waals surface area contributed by atoms with Gasteiger partial charge in [-0.25, -0.2) is 0 Å². The van der Waals surface area contributed by atoms with Gasteiger partial charge in [-0.05, 0) is 6.42 Å². The maximum absolute atomic E-state index is 11.3. The largest absolute Gasteiger partial charge is 0.394 e. The molecule has 2 aliphatic heterocycles. The zero-order chi connectivity index (χ0) is 19.6. The van der Waals surface area contributed by atoms with E-state index in [-0.39, 0.29) is 6.42 Å². The average Bonchev–Trinajstić information content (AvgIpc) is 2.60. The molecule has 0 aromatic carbocycles. The molecule has 11 nitrogen and oxygen atoms in total. The van der Waals surface area contributed by atoms with Crippen molar-refractivity contribution in [2.45, 2.75) is 68.4 Å². The number of amides is 1. The molecule has 0 aromatic heterocycles. The fourth-order valence-corrected chi connectivity index (χ4v) is 3.52.